The quantitative estimate of drug-likeness (QED) is 0.173. The molecular formula is C25H23BrN2O8. The Bertz CT molecular complexity index is 1280. The second kappa shape index (κ2) is 11.9. The van der Waals surface area contributed by atoms with Crippen LogP contribution in [0.1, 0.15) is 26.3 Å². The summed E-state index contributed by atoms with van der Waals surface area (Å²) in [5, 5.41) is 13.8. The average molecular weight is 559 g/mol. The number of rotatable bonds is 9. The lowest BCUT2D eigenvalue weighted by Gasteiger charge is -2.14. The third-order valence-corrected chi connectivity index (χ3v) is 5.37. The molecule has 11 heteroatoms. The van der Waals surface area contributed by atoms with Gasteiger partial charge in [0.05, 0.1) is 45.8 Å². The zero-order valence-corrected chi connectivity index (χ0v) is 21.4. The van der Waals surface area contributed by atoms with Gasteiger partial charge in [0.25, 0.3) is 5.91 Å². The van der Waals surface area contributed by atoms with Gasteiger partial charge >= 0.3 is 5.97 Å². The van der Waals surface area contributed by atoms with Gasteiger partial charge in [-0.15, -0.1) is 0 Å². The number of halogens is 1. The van der Waals surface area contributed by atoms with Crippen LogP contribution < -0.4 is 29.1 Å². The maximum Gasteiger partial charge on any atom is 0.343 e. The molecule has 0 aliphatic heterocycles. The molecule has 0 spiro atoms. The van der Waals surface area contributed by atoms with Crippen LogP contribution in [0.2, 0.25) is 0 Å². The molecule has 1 amide bonds. The third-order valence-electron chi connectivity index (χ3n) is 4.87. The number of hydrogen-bond donors (Lipinski definition) is 2. The lowest BCUT2D eigenvalue weighted by Crippen LogP contribution is -2.17. The van der Waals surface area contributed by atoms with Crippen LogP contribution in [0.15, 0.2) is 58.1 Å². The van der Waals surface area contributed by atoms with Crippen LogP contribution in [-0.4, -0.2) is 51.6 Å². The summed E-state index contributed by atoms with van der Waals surface area (Å²) < 4.78 is 27.3. The van der Waals surface area contributed by atoms with Crippen LogP contribution in [0.25, 0.3) is 0 Å². The van der Waals surface area contributed by atoms with Crippen LogP contribution in [0, 0.1) is 0 Å². The molecule has 2 N–H and O–H groups in total. The Morgan fingerprint density at radius 1 is 0.861 bits per heavy atom. The topological polar surface area (TPSA) is 125 Å². The van der Waals surface area contributed by atoms with Crippen molar-refractivity contribution in [2.75, 3.05) is 28.4 Å². The number of hydrazone groups is 1. The molecule has 3 rings (SSSR count). The second-order valence-electron chi connectivity index (χ2n) is 7.07. The van der Waals surface area contributed by atoms with Gasteiger partial charge in [-0.25, -0.2) is 10.2 Å². The summed E-state index contributed by atoms with van der Waals surface area (Å²) in [6.07, 6.45) is 1.38. The smallest absolute Gasteiger partial charge is 0.343 e. The fourth-order valence-electron chi connectivity index (χ4n) is 3.12. The molecule has 0 fully saturated rings. The summed E-state index contributed by atoms with van der Waals surface area (Å²) >= 11 is 3.25. The molecule has 0 atom stereocenters. The highest BCUT2D eigenvalue weighted by atomic mass is 79.9. The van der Waals surface area contributed by atoms with Gasteiger partial charge in [0.1, 0.15) is 5.75 Å². The molecule has 188 valence electrons. The van der Waals surface area contributed by atoms with Crippen molar-refractivity contribution < 1.29 is 38.4 Å². The summed E-state index contributed by atoms with van der Waals surface area (Å²) in [6, 6.07) is 12.1. The van der Waals surface area contributed by atoms with E-state index >= 15 is 0 Å². The predicted octanol–water partition coefficient (Wildman–Crippen LogP) is 4.17. The van der Waals surface area contributed by atoms with Crippen LogP contribution in [0.5, 0.6) is 34.5 Å². The molecule has 3 aromatic carbocycles. The number of benzene rings is 3. The summed E-state index contributed by atoms with van der Waals surface area (Å²) in [6.45, 7) is 0. The maximum absolute atomic E-state index is 12.8. The van der Waals surface area contributed by atoms with Gasteiger partial charge in [-0.05, 0) is 54.1 Å². The average Bonchev–Trinajstić information content (AvgIpc) is 2.89. The van der Waals surface area contributed by atoms with E-state index in [0.717, 1.165) is 0 Å². The molecule has 0 radical (unpaired) electrons. The number of methoxy groups -OCH3 is 4. The van der Waals surface area contributed by atoms with E-state index in [4.69, 9.17) is 23.7 Å². The fourth-order valence-corrected chi connectivity index (χ4v) is 3.48. The minimum atomic E-state index is -0.671. The number of esters is 1. The largest absolute Gasteiger partial charge is 0.507 e. The molecule has 0 heterocycles. The second-order valence-corrected chi connectivity index (χ2v) is 7.99. The molecule has 10 nitrogen and oxygen atoms in total. The van der Waals surface area contributed by atoms with Crippen molar-refractivity contribution in [3.8, 4) is 34.5 Å². The number of ether oxygens (including phenoxy) is 5. The lowest BCUT2D eigenvalue weighted by molar-refractivity contribution is 0.0728. The van der Waals surface area contributed by atoms with E-state index in [1.54, 1.807) is 18.2 Å². The molecular weight excluding hydrogens is 536 g/mol. The summed E-state index contributed by atoms with van der Waals surface area (Å²) in [5.41, 5.74) is 3.14. The maximum atomic E-state index is 12.8. The number of aromatic hydroxyl groups is 1. The van der Waals surface area contributed by atoms with Crippen molar-refractivity contribution in [2.45, 2.75) is 0 Å². The first-order valence-corrected chi connectivity index (χ1v) is 11.1. The summed E-state index contributed by atoms with van der Waals surface area (Å²) in [4.78, 5) is 25.1. The van der Waals surface area contributed by atoms with E-state index in [1.807, 2.05) is 0 Å². The molecule has 0 aromatic heterocycles. The Morgan fingerprint density at radius 2 is 1.53 bits per heavy atom. The normalized spacial score (nSPS) is 10.6. The number of hydrogen-bond acceptors (Lipinski definition) is 9. The molecule has 0 aliphatic carbocycles. The number of phenolic OH excluding ortho intramolecular Hbond substituents is 1. The zero-order valence-electron chi connectivity index (χ0n) is 19.8. The zero-order chi connectivity index (χ0) is 26.2. The van der Waals surface area contributed by atoms with Crippen molar-refractivity contribution >= 4 is 34.0 Å². The van der Waals surface area contributed by atoms with Crippen molar-refractivity contribution in [2.24, 2.45) is 5.10 Å². The Balaban J connectivity index is 1.75. The minimum Gasteiger partial charge on any atom is -0.507 e. The van der Waals surface area contributed by atoms with E-state index < -0.39 is 11.9 Å². The monoisotopic (exact) mass is 558 g/mol. The number of carbonyl (C=O) groups is 2. The molecule has 0 saturated carbocycles. The Hall–Kier alpha value is -4.25. The molecule has 0 saturated heterocycles. The molecule has 0 aliphatic rings. The van der Waals surface area contributed by atoms with E-state index in [-0.39, 0.29) is 28.4 Å². The van der Waals surface area contributed by atoms with Gasteiger partial charge in [-0.3, -0.25) is 4.79 Å². The predicted molar refractivity (Wildman–Crippen MR) is 135 cm³/mol. The first kappa shape index (κ1) is 26.4. The van der Waals surface area contributed by atoms with E-state index in [1.165, 1.54) is 65.0 Å². The van der Waals surface area contributed by atoms with E-state index in [0.29, 0.717) is 27.3 Å². The highest BCUT2D eigenvalue weighted by Gasteiger charge is 2.20. The van der Waals surface area contributed by atoms with Gasteiger partial charge in [-0.2, -0.15) is 5.10 Å². The minimum absolute atomic E-state index is 0.0631. The number of phenols is 1. The molecule has 0 unspecified atom stereocenters. The lowest BCUT2D eigenvalue weighted by atomic mass is 10.1. The SMILES string of the molecule is COc1cc(/C=N/NC(=O)c2cc(Br)ccc2O)ccc1OC(=O)c1cc(OC)c(OC)c(OC)c1. The number of nitrogens with one attached hydrogen (secondary N) is 1. The van der Waals surface area contributed by atoms with Crippen molar-refractivity contribution in [3.63, 3.8) is 0 Å². The van der Waals surface area contributed by atoms with Crippen LogP contribution in [0.3, 0.4) is 0 Å². The van der Waals surface area contributed by atoms with Gasteiger partial charge < -0.3 is 28.8 Å². The van der Waals surface area contributed by atoms with E-state index in [2.05, 4.69) is 26.5 Å². The highest BCUT2D eigenvalue weighted by Crippen LogP contribution is 2.38. The van der Waals surface area contributed by atoms with Crippen molar-refractivity contribution in [1.29, 1.82) is 0 Å². The van der Waals surface area contributed by atoms with Crippen LogP contribution in [-0.2, 0) is 0 Å². The Labute approximate surface area is 215 Å². The molecule has 36 heavy (non-hydrogen) atoms. The first-order chi connectivity index (χ1) is 17.3. The van der Waals surface area contributed by atoms with Crippen molar-refractivity contribution in [1.82, 2.24) is 5.43 Å². The Morgan fingerprint density at radius 3 is 2.14 bits per heavy atom. The van der Waals surface area contributed by atoms with Gasteiger partial charge in [0.15, 0.2) is 23.0 Å². The highest BCUT2D eigenvalue weighted by molar-refractivity contribution is 9.10. The standard InChI is InChI=1S/C25H23BrN2O8/c1-32-20-9-14(13-27-28-24(30)17-12-16(26)6-7-18(17)29)5-8-19(20)36-25(31)15-10-21(33-2)23(35-4)22(11-15)34-3/h5-13,29H,1-4H3,(H,28,30)/b27-13+. The molecule has 3 aromatic rings. The van der Waals surface area contributed by atoms with Gasteiger partial charge in [-0.1, -0.05) is 15.9 Å². The van der Waals surface area contributed by atoms with E-state index in [9.17, 15) is 14.7 Å². The molecule has 0 bridgehead atoms. The fraction of sp³-hybridized carbons (Fsp3) is 0.160. The van der Waals surface area contributed by atoms with Crippen LogP contribution >= 0.6 is 15.9 Å². The third kappa shape index (κ3) is 6.05. The number of nitrogens with zero attached hydrogens (tertiary/aromatic N) is 1. The first-order valence-electron chi connectivity index (χ1n) is 10.3. The van der Waals surface area contributed by atoms with Gasteiger partial charge in [0, 0.05) is 4.47 Å². The Kier molecular flexibility index (Phi) is 8.74. The van der Waals surface area contributed by atoms with Crippen LogP contribution in [0.4, 0.5) is 0 Å². The summed E-state index contributed by atoms with van der Waals surface area (Å²) in [5.74, 6) is -0.0536. The van der Waals surface area contributed by atoms with Gasteiger partial charge in [0.2, 0.25) is 5.75 Å². The summed E-state index contributed by atoms with van der Waals surface area (Å²) in [7, 11) is 5.77. The number of amides is 1. The van der Waals surface area contributed by atoms with Crippen molar-refractivity contribution in [3.05, 3.63) is 69.7 Å². The number of carbonyl (C=O) groups excluding carboxylic acids is 2.